The fourth-order valence-electron chi connectivity index (χ4n) is 0.474. The zero-order valence-electron chi connectivity index (χ0n) is 5.60. The summed E-state index contributed by atoms with van der Waals surface area (Å²) in [6.45, 7) is 5.83. The van der Waals surface area contributed by atoms with Crippen LogP contribution in [0.1, 0.15) is 27.2 Å². The van der Waals surface area contributed by atoms with Crippen molar-refractivity contribution in [3.8, 4) is 0 Å². The summed E-state index contributed by atoms with van der Waals surface area (Å²) in [5, 5.41) is 8.36. The normalized spacial score (nSPS) is 11.4. The van der Waals surface area contributed by atoms with Crippen LogP contribution in [0.25, 0.3) is 0 Å². The van der Waals surface area contributed by atoms with Crippen LogP contribution in [0.15, 0.2) is 0 Å². The van der Waals surface area contributed by atoms with E-state index in [1.165, 1.54) is 0 Å². The third-order valence-corrected chi connectivity index (χ3v) is 0.688. The molecule has 0 heterocycles. The van der Waals surface area contributed by atoms with E-state index in [1.807, 2.05) is 20.8 Å². The Kier molecular flexibility index (Phi) is 2.02. The van der Waals surface area contributed by atoms with Gasteiger partial charge in [0.2, 0.25) is 0 Å². The molecule has 0 saturated carbocycles. The van der Waals surface area contributed by atoms with E-state index in [0.29, 0.717) is 6.42 Å². The summed E-state index contributed by atoms with van der Waals surface area (Å²) in [4.78, 5) is 8.36. The Labute approximate surface area is 49.5 Å². The second-order valence-corrected chi connectivity index (χ2v) is 3.15. The molecule has 0 aromatic rings. The van der Waals surface area contributed by atoms with Crippen molar-refractivity contribution in [3.63, 3.8) is 0 Å². The summed E-state index contributed by atoms with van der Waals surface area (Å²) >= 11 is 0. The van der Waals surface area contributed by atoms with Gasteiger partial charge in [0.1, 0.15) is 6.42 Å². The van der Waals surface area contributed by atoms with Crippen molar-refractivity contribution in [1.29, 1.82) is 0 Å². The van der Waals surface area contributed by atoms with Crippen molar-refractivity contribution < 1.29 is 9.90 Å². The first-order valence-electron chi connectivity index (χ1n) is 2.65. The van der Waals surface area contributed by atoms with Crippen molar-refractivity contribution >= 4 is 5.97 Å². The number of carboxylic acid groups (broad SMARTS) is 1. The minimum Gasteiger partial charge on any atom is -0.339 e. The molecule has 0 saturated heterocycles. The van der Waals surface area contributed by atoms with E-state index < -0.39 is 5.97 Å². The van der Waals surface area contributed by atoms with Crippen LogP contribution in [0.2, 0.25) is 0 Å². The summed E-state index contributed by atoms with van der Waals surface area (Å²) in [5.41, 5.74) is -0.0150. The molecule has 2 N–H and O–H groups in total. The molecule has 0 unspecified atom stereocenters. The highest BCUT2D eigenvalue weighted by molar-refractivity contribution is 5.68. The van der Waals surface area contributed by atoms with Gasteiger partial charge in [0.05, 0.1) is 0 Å². The van der Waals surface area contributed by atoms with E-state index in [4.69, 9.17) is 9.90 Å². The third-order valence-electron chi connectivity index (χ3n) is 0.688. The minimum absolute atomic E-state index is 0.0150. The van der Waals surface area contributed by atoms with Gasteiger partial charge in [-0.15, -0.1) is 0 Å². The standard InChI is InChI=1S/C6H12O2/c1-6(2,3)4-5(7)8/h4H2,1-3H3,(H,7,8)/p+1. The monoisotopic (exact) mass is 117 g/mol. The first-order chi connectivity index (χ1) is 3.42. The molecule has 0 rings (SSSR count). The van der Waals surface area contributed by atoms with Crippen LogP contribution in [0, 0.1) is 5.41 Å². The van der Waals surface area contributed by atoms with Crippen LogP contribution in [0.4, 0.5) is 0 Å². The van der Waals surface area contributed by atoms with E-state index in [0.717, 1.165) is 0 Å². The molecule has 0 aliphatic heterocycles. The number of hydrogen-bond acceptors (Lipinski definition) is 0. The molecule has 8 heavy (non-hydrogen) atoms. The van der Waals surface area contributed by atoms with Gasteiger partial charge in [0, 0.05) is 0 Å². The number of aliphatic hydroxyl groups excluding tert-OH is 1. The van der Waals surface area contributed by atoms with Crippen molar-refractivity contribution in [2.24, 2.45) is 5.41 Å². The third kappa shape index (κ3) is 5.47. The molecule has 0 aliphatic carbocycles. The van der Waals surface area contributed by atoms with Gasteiger partial charge in [0.15, 0.2) is 0 Å². The summed E-state index contributed by atoms with van der Waals surface area (Å²) in [6, 6.07) is 0. The Morgan fingerprint density at radius 2 is 1.88 bits per heavy atom. The van der Waals surface area contributed by atoms with Gasteiger partial charge in [0.25, 0.3) is 0 Å². The van der Waals surface area contributed by atoms with Crippen molar-refractivity contribution in [2.75, 3.05) is 0 Å². The highest BCUT2D eigenvalue weighted by Gasteiger charge is 2.18. The highest BCUT2D eigenvalue weighted by atomic mass is 16.4. The van der Waals surface area contributed by atoms with Crippen LogP contribution in [0.5, 0.6) is 0 Å². The lowest BCUT2D eigenvalue weighted by molar-refractivity contribution is 0.356. The molecule has 0 aromatic carbocycles. The SMILES string of the molecule is CC(C)(C)CC(O)=[OH+]. The predicted octanol–water partition coefficient (Wildman–Crippen LogP) is 1.48. The van der Waals surface area contributed by atoms with E-state index in [-0.39, 0.29) is 5.41 Å². The van der Waals surface area contributed by atoms with Gasteiger partial charge < -0.3 is 9.90 Å². The quantitative estimate of drug-likeness (QED) is 0.519. The maximum Gasteiger partial charge on any atom is 0.480 e. The zero-order valence-corrected chi connectivity index (χ0v) is 5.60. The lowest BCUT2D eigenvalue weighted by Crippen LogP contribution is -2.11. The van der Waals surface area contributed by atoms with Crippen molar-refractivity contribution in [1.82, 2.24) is 0 Å². The molecule has 0 radical (unpaired) electrons. The van der Waals surface area contributed by atoms with Gasteiger partial charge in [-0.1, -0.05) is 20.8 Å². The molecule has 0 aromatic heterocycles. The maximum atomic E-state index is 8.36. The molecule has 0 fully saturated rings. The van der Waals surface area contributed by atoms with Crippen LogP contribution in [-0.4, -0.2) is 15.9 Å². The Morgan fingerprint density at radius 1 is 1.50 bits per heavy atom. The molecular formula is C6H13O2+. The highest BCUT2D eigenvalue weighted by Crippen LogP contribution is 2.17. The first-order valence-corrected chi connectivity index (χ1v) is 2.65. The number of rotatable bonds is 1. The lowest BCUT2D eigenvalue weighted by Gasteiger charge is -2.10. The van der Waals surface area contributed by atoms with Gasteiger partial charge >= 0.3 is 5.97 Å². The number of aliphatic carboxylic acids is 1. The molecule has 2 heteroatoms. The van der Waals surface area contributed by atoms with Gasteiger partial charge in [-0.3, -0.25) is 0 Å². The number of carboxylic acids is 1. The zero-order chi connectivity index (χ0) is 6.78. The Hall–Kier alpha value is -0.530. The second kappa shape index (κ2) is 2.16. The van der Waals surface area contributed by atoms with Crippen molar-refractivity contribution in [2.45, 2.75) is 27.2 Å². The maximum absolute atomic E-state index is 8.36. The lowest BCUT2D eigenvalue weighted by atomic mass is 9.93. The molecule has 0 bridgehead atoms. The Balaban J connectivity index is 3.55. The largest absolute Gasteiger partial charge is 0.480 e. The van der Waals surface area contributed by atoms with E-state index in [1.54, 1.807) is 0 Å². The number of hydrogen-bond donors (Lipinski definition) is 1. The van der Waals surface area contributed by atoms with Crippen LogP contribution >= 0.6 is 0 Å². The van der Waals surface area contributed by atoms with Crippen LogP contribution in [-0.2, 0) is 0 Å². The topological polar surface area (TPSA) is 41.6 Å². The molecule has 0 spiro atoms. The first kappa shape index (κ1) is 7.47. The average Bonchev–Trinajstić information content (AvgIpc) is 1.21. The summed E-state index contributed by atoms with van der Waals surface area (Å²) in [7, 11) is 0. The van der Waals surface area contributed by atoms with E-state index in [9.17, 15) is 0 Å². The fourth-order valence-corrected chi connectivity index (χ4v) is 0.474. The van der Waals surface area contributed by atoms with Gasteiger partial charge in [-0.2, -0.15) is 0 Å². The molecule has 2 nitrogen and oxygen atoms in total. The smallest absolute Gasteiger partial charge is 0.339 e. The van der Waals surface area contributed by atoms with Crippen molar-refractivity contribution in [3.05, 3.63) is 0 Å². The second-order valence-electron chi connectivity index (χ2n) is 3.15. The van der Waals surface area contributed by atoms with E-state index >= 15 is 0 Å². The Bertz CT molecular complexity index is 89.2. The van der Waals surface area contributed by atoms with Gasteiger partial charge in [-0.05, 0) is 5.41 Å². The Morgan fingerprint density at radius 3 is 1.88 bits per heavy atom. The fraction of sp³-hybridized carbons (Fsp3) is 0.833. The minimum atomic E-state index is -0.475. The molecule has 0 atom stereocenters. The summed E-state index contributed by atoms with van der Waals surface area (Å²) < 4.78 is 0. The summed E-state index contributed by atoms with van der Waals surface area (Å²) in [5.74, 6) is -0.475. The predicted molar refractivity (Wildman–Crippen MR) is 33.6 cm³/mol. The molecule has 48 valence electrons. The molecule has 0 amide bonds. The van der Waals surface area contributed by atoms with Gasteiger partial charge in [-0.25, -0.2) is 0 Å². The van der Waals surface area contributed by atoms with E-state index in [2.05, 4.69) is 0 Å². The summed E-state index contributed by atoms with van der Waals surface area (Å²) in [6.07, 6.45) is 0.354. The molecular weight excluding hydrogens is 104 g/mol. The average molecular weight is 117 g/mol. The van der Waals surface area contributed by atoms with Crippen LogP contribution in [0.3, 0.4) is 0 Å². The van der Waals surface area contributed by atoms with Crippen LogP contribution < -0.4 is 0 Å². The molecule has 0 aliphatic rings.